The van der Waals surface area contributed by atoms with E-state index in [4.69, 9.17) is 33.2 Å². The average Bonchev–Trinajstić information content (AvgIpc) is 4.02. The second kappa shape index (κ2) is 13.0. The van der Waals surface area contributed by atoms with Crippen LogP contribution < -0.4 is 0 Å². The highest BCUT2D eigenvalue weighted by Gasteiger charge is 2.84. The molecule has 16 nitrogen and oxygen atoms in total. The number of hydrogen-bond donors (Lipinski definition) is 5. The summed E-state index contributed by atoms with van der Waals surface area (Å²) in [6, 6.07) is 0. The van der Waals surface area contributed by atoms with Crippen LogP contribution in [0.25, 0.3) is 0 Å². The monoisotopic (exact) mass is 764 g/mol. The highest BCUT2D eigenvalue weighted by Crippen LogP contribution is 2.74. The number of esters is 3. The van der Waals surface area contributed by atoms with Crippen molar-refractivity contribution in [2.45, 2.75) is 146 Å². The minimum Gasteiger partial charge on any atom is -0.462 e. The van der Waals surface area contributed by atoms with Gasteiger partial charge in [-0.25, -0.2) is 4.79 Å². The van der Waals surface area contributed by atoms with E-state index in [1.807, 2.05) is 20.8 Å². The Kier molecular flexibility index (Phi) is 9.23. The summed E-state index contributed by atoms with van der Waals surface area (Å²) in [5.74, 6) is -3.83. The van der Waals surface area contributed by atoms with Crippen LogP contribution in [0.4, 0.5) is 0 Å². The van der Waals surface area contributed by atoms with Crippen molar-refractivity contribution in [1.29, 1.82) is 0 Å². The van der Waals surface area contributed by atoms with Crippen molar-refractivity contribution >= 4 is 23.7 Å². The summed E-state index contributed by atoms with van der Waals surface area (Å²) < 4.78 is 41.5. The van der Waals surface area contributed by atoms with E-state index >= 15 is 0 Å². The van der Waals surface area contributed by atoms with E-state index in [1.165, 1.54) is 13.8 Å². The molecular formula is C38H52O16. The number of cyclic esters (lactones) is 1. The Morgan fingerprint density at radius 2 is 1.65 bits per heavy atom. The summed E-state index contributed by atoms with van der Waals surface area (Å²) in [6.45, 7) is 9.20. The zero-order valence-corrected chi connectivity index (χ0v) is 31.3. The van der Waals surface area contributed by atoms with Gasteiger partial charge in [-0.2, -0.15) is 0 Å². The standard InChI is InChI=1S/C38H52O16/c1-13-7-21(52-34(46)17(13)12-48-35-29(45)28(44)27(43)23(11-39)53-35)14(2)26-20(42)8-18-25-19(9-24(36(18,26)5)49-15(3)40)37(6)32(50-16(4)41)30-22(51-30)10-38(37,47)33-31(25)54-33/h14,18-19,21-33,35,39,43-45,47H,7-12H2,1-6H3/t14-,18-,19-,21-,22+,23-,24-,25+,26+,27-,28+,29-,30+,31-,32-,33-,35-,36-,37+,38+/m0/s1. The fourth-order valence-corrected chi connectivity index (χ4v) is 12.1. The molecule has 0 amide bonds. The van der Waals surface area contributed by atoms with Crippen molar-refractivity contribution in [2.24, 2.45) is 40.4 Å². The van der Waals surface area contributed by atoms with Crippen LogP contribution in [0, 0.1) is 40.4 Å². The zero-order valence-electron chi connectivity index (χ0n) is 31.3. The minimum atomic E-state index is -1.64. The first-order chi connectivity index (χ1) is 25.4. The number of carbonyl (C=O) groups excluding carboxylic acids is 4. The first-order valence-electron chi connectivity index (χ1n) is 19.1. The lowest BCUT2D eigenvalue weighted by Gasteiger charge is -2.63. The molecule has 0 aromatic carbocycles. The Bertz CT molecular complexity index is 1630. The fourth-order valence-electron chi connectivity index (χ4n) is 12.1. The molecule has 0 radical (unpaired) electrons. The molecular weight excluding hydrogens is 712 g/mol. The van der Waals surface area contributed by atoms with E-state index in [-0.39, 0.29) is 73.3 Å². The molecule has 300 valence electrons. The zero-order chi connectivity index (χ0) is 39.0. The van der Waals surface area contributed by atoms with Crippen molar-refractivity contribution in [3.8, 4) is 0 Å². The van der Waals surface area contributed by atoms with Gasteiger partial charge in [0.2, 0.25) is 0 Å². The van der Waals surface area contributed by atoms with Crippen molar-refractivity contribution in [2.75, 3.05) is 13.2 Å². The number of hydrogen-bond acceptors (Lipinski definition) is 16. The number of ether oxygens (including phenoxy) is 7. The van der Waals surface area contributed by atoms with Gasteiger partial charge in [-0.05, 0) is 31.1 Å². The molecule has 16 heteroatoms. The van der Waals surface area contributed by atoms with Gasteiger partial charge in [0.05, 0.1) is 31.0 Å². The van der Waals surface area contributed by atoms with Gasteiger partial charge in [0.25, 0.3) is 0 Å². The van der Waals surface area contributed by atoms with Gasteiger partial charge in [-0.1, -0.05) is 26.3 Å². The van der Waals surface area contributed by atoms with E-state index in [2.05, 4.69) is 0 Å². The number of carbonyl (C=O) groups is 4. The third kappa shape index (κ3) is 5.41. The number of rotatable bonds is 8. The van der Waals surface area contributed by atoms with Gasteiger partial charge in [-0.15, -0.1) is 0 Å². The Labute approximate surface area is 312 Å². The molecule has 5 N–H and O–H groups in total. The first-order valence-corrected chi connectivity index (χ1v) is 19.1. The minimum absolute atomic E-state index is 0.0452. The molecule has 3 saturated heterocycles. The molecule has 8 aliphatic rings. The van der Waals surface area contributed by atoms with Crippen LogP contribution in [0.3, 0.4) is 0 Å². The van der Waals surface area contributed by atoms with E-state index < -0.39 is 108 Å². The molecule has 7 fully saturated rings. The van der Waals surface area contributed by atoms with E-state index in [9.17, 15) is 44.7 Å². The Hall–Kier alpha value is -2.54. The van der Waals surface area contributed by atoms with Crippen molar-refractivity contribution in [3.05, 3.63) is 11.1 Å². The molecule has 0 spiro atoms. The summed E-state index contributed by atoms with van der Waals surface area (Å²) in [7, 11) is 0. The van der Waals surface area contributed by atoms with Crippen LogP contribution >= 0.6 is 0 Å². The molecule has 4 aliphatic heterocycles. The second-order valence-corrected chi connectivity index (χ2v) is 17.5. The summed E-state index contributed by atoms with van der Waals surface area (Å²) in [4.78, 5) is 53.2. The first kappa shape index (κ1) is 38.3. The third-order valence-electron chi connectivity index (χ3n) is 14.9. The number of ketones is 1. The van der Waals surface area contributed by atoms with E-state index in [1.54, 1.807) is 6.92 Å². The van der Waals surface area contributed by atoms with Crippen LogP contribution in [0.5, 0.6) is 0 Å². The number of Topliss-reactive ketones (excluding diaryl/α,β-unsaturated/α-hetero) is 1. The van der Waals surface area contributed by atoms with Gasteiger partial charge in [0, 0.05) is 55.8 Å². The molecule has 0 aromatic heterocycles. The third-order valence-corrected chi connectivity index (χ3v) is 14.9. The molecule has 0 unspecified atom stereocenters. The lowest BCUT2D eigenvalue weighted by atomic mass is 9.41. The van der Waals surface area contributed by atoms with Crippen LogP contribution in [-0.2, 0) is 52.3 Å². The second-order valence-electron chi connectivity index (χ2n) is 17.5. The van der Waals surface area contributed by atoms with Crippen LogP contribution in [0.15, 0.2) is 11.1 Å². The molecule has 8 rings (SSSR count). The Morgan fingerprint density at radius 1 is 0.944 bits per heavy atom. The Morgan fingerprint density at radius 3 is 2.30 bits per heavy atom. The lowest BCUT2D eigenvalue weighted by molar-refractivity contribution is -0.299. The highest BCUT2D eigenvalue weighted by atomic mass is 16.7. The van der Waals surface area contributed by atoms with Crippen LogP contribution in [0.1, 0.15) is 67.2 Å². The van der Waals surface area contributed by atoms with E-state index in [0.29, 0.717) is 12.0 Å². The topological polar surface area (TPSA) is 241 Å². The number of fused-ring (bicyclic) bond motifs is 9. The maximum absolute atomic E-state index is 14.4. The van der Waals surface area contributed by atoms with Crippen LogP contribution in [-0.4, -0.2) is 141 Å². The van der Waals surface area contributed by atoms with Crippen molar-refractivity contribution in [1.82, 2.24) is 0 Å². The van der Waals surface area contributed by atoms with Gasteiger partial charge < -0.3 is 58.7 Å². The SMILES string of the molecule is CC(=O)O[C@H]1C[C@H]2[C@H]([C@@H]3O[C@@H]3[C@]3(O)C[C@H]4O[C@H]4[C@H](OC(C)=O)[C@@]23C)[C@@H]2CC(=O)[C@@H]([C@@H](C)[C@@H]3CC(C)=C(CO[C@H]4O[C@@H](CO)[C@H](O)[C@@H](O)[C@@H]4O)C(=O)O3)[C@]12C. The summed E-state index contributed by atoms with van der Waals surface area (Å²) in [5, 5.41) is 52.6. The predicted molar refractivity (Wildman–Crippen MR) is 178 cm³/mol. The number of aliphatic hydroxyl groups is 5. The molecule has 20 atom stereocenters. The van der Waals surface area contributed by atoms with Crippen LogP contribution in [0.2, 0.25) is 0 Å². The van der Waals surface area contributed by atoms with Crippen molar-refractivity contribution in [3.63, 3.8) is 0 Å². The highest BCUT2D eigenvalue weighted by molar-refractivity contribution is 5.91. The molecule has 54 heavy (non-hydrogen) atoms. The maximum Gasteiger partial charge on any atom is 0.336 e. The fraction of sp³-hybridized carbons (Fsp3) is 0.842. The quantitative estimate of drug-likeness (QED) is 0.119. The number of aliphatic hydroxyl groups excluding tert-OH is 4. The summed E-state index contributed by atoms with van der Waals surface area (Å²) in [6.07, 6.45) is -10.2. The van der Waals surface area contributed by atoms with Gasteiger partial charge in [-0.3, -0.25) is 14.4 Å². The normalized spacial score (nSPS) is 52.1. The smallest absolute Gasteiger partial charge is 0.336 e. The predicted octanol–water partition coefficient (Wildman–Crippen LogP) is -0.528. The Balaban J connectivity index is 1.06. The van der Waals surface area contributed by atoms with Crippen molar-refractivity contribution < 1.29 is 77.9 Å². The van der Waals surface area contributed by atoms with E-state index in [0.717, 1.165) is 0 Å². The molecule has 4 saturated carbocycles. The average molecular weight is 765 g/mol. The summed E-state index contributed by atoms with van der Waals surface area (Å²) in [5.41, 5.74) is -2.49. The van der Waals surface area contributed by atoms with Gasteiger partial charge >= 0.3 is 17.9 Å². The largest absolute Gasteiger partial charge is 0.462 e. The molecule has 4 aliphatic carbocycles. The maximum atomic E-state index is 14.4. The number of epoxide rings is 2. The van der Waals surface area contributed by atoms with Gasteiger partial charge in [0.15, 0.2) is 6.29 Å². The summed E-state index contributed by atoms with van der Waals surface area (Å²) >= 11 is 0. The molecule has 0 bridgehead atoms. The van der Waals surface area contributed by atoms with Gasteiger partial charge in [0.1, 0.15) is 66.3 Å². The molecule has 0 aromatic rings. The molecule has 4 heterocycles. The lowest BCUT2D eigenvalue weighted by Crippen LogP contribution is -2.72.